The number of amides is 1. The van der Waals surface area contributed by atoms with Gasteiger partial charge in [-0.25, -0.2) is 15.0 Å². The first-order valence-corrected chi connectivity index (χ1v) is 9.58. The van der Waals surface area contributed by atoms with Gasteiger partial charge in [-0.15, -0.1) is 0 Å². The lowest BCUT2D eigenvalue weighted by atomic mass is 10.2. The summed E-state index contributed by atoms with van der Waals surface area (Å²) in [6.07, 6.45) is 8.50. The summed E-state index contributed by atoms with van der Waals surface area (Å²) in [6, 6.07) is 14.5. The summed E-state index contributed by atoms with van der Waals surface area (Å²) in [7, 11) is 0. The highest BCUT2D eigenvalue weighted by molar-refractivity contribution is 9.10. The third-order valence-corrected chi connectivity index (χ3v) is 4.60. The maximum Gasteiger partial charge on any atom is 0.257 e. The number of ether oxygens (including phenoxy) is 1. The van der Waals surface area contributed by atoms with Crippen LogP contribution in [0.15, 0.2) is 84.1 Å². The zero-order chi connectivity index (χ0) is 20.1. The van der Waals surface area contributed by atoms with Gasteiger partial charge in [-0.3, -0.25) is 9.36 Å². The van der Waals surface area contributed by atoms with E-state index in [9.17, 15) is 4.79 Å². The molecule has 1 amide bonds. The van der Waals surface area contributed by atoms with Crippen molar-refractivity contribution in [2.45, 2.75) is 6.54 Å². The van der Waals surface area contributed by atoms with Crippen LogP contribution in [0, 0.1) is 0 Å². The Hall–Kier alpha value is -3.52. The predicted octanol–water partition coefficient (Wildman–Crippen LogP) is 4.15. The van der Waals surface area contributed by atoms with E-state index in [2.05, 4.69) is 36.2 Å². The number of imidazole rings is 1. The highest BCUT2D eigenvalue weighted by atomic mass is 79.9. The zero-order valence-corrected chi connectivity index (χ0v) is 16.8. The molecule has 0 saturated carbocycles. The Morgan fingerprint density at radius 2 is 1.93 bits per heavy atom. The van der Waals surface area contributed by atoms with Gasteiger partial charge in [0.2, 0.25) is 5.88 Å². The number of halogens is 1. The summed E-state index contributed by atoms with van der Waals surface area (Å²) in [5, 5.41) is 2.88. The van der Waals surface area contributed by atoms with Crippen LogP contribution < -0.4 is 10.1 Å². The van der Waals surface area contributed by atoms with Gasteiger partial charge >= 0.3 is 0 Å². The fourth-order valence-corrected chi connectivity index (χ4v) is 2.87. The number of carbonyl (C=O) groups is 1. The molecule has 0 aliphatic heterocycles. The van der Waals surface area contributed by atoms with Crippen LogP contribution in [0.4, 0.5) is 0 Å². The molecule has 8 heteroatoms. The van der Waals surface area contributed by atoms with E-state index in [4.69, 9.17) is 4.74 Å². The van der Waals surface area contributed by atoms with Crippen molar-refractivity contribution in [3.63, 3.8) is 0 Å². The molecule has 0 aliphatic carbocycles. The summed E-state index contributed by atoms with van der Waals surface area (Å²) in [5.41, 5.74) is 1.24. The van der Waals surface area contributed by atoms with Gasteiger partial charge in [0, 0.05) is 35.8 Å². The molecule has 0 aliphatic rings. The van der Waals surface area contributed by atoms with Crippen LogP contribution in [-0.2, 0) is 6.54 Å². The van der Waals surface area contributed by atoms with Gasteiger partial charge in [0.15, 0.2) is 0 Å². The van der Waals surface area contributed by atoms with Crippen molar-refractivity contribution in [3.05, 3.63) is 95.2 Å². The summed E-state index contributed by atoms with van der Waals surface area (Å²) in [6.45, 7) is 0.336. The topological polar surface area (TPSA) is 81.9 Å². The average Bonchev–Trinajstić information content (AvgIpc) is 3.29. The number of pyridine rings is 2. The van der Waals surface area contributed by atoms with E-state index < -0.39 is 0 Å². The molecule has 0 fully saturated rings. The maximum atomic E-state index is 12.7. The van der Waals surface area contributed by atoms with Crippen molar-refractivity contribution in [1.82, 2.24) is 24.8 Å². The van der Waals surface area contributed by atoms with E-state index in [0.29, 0.717) is 17.9 Å². The van der Waals surface area contributed by atoms with Crippen molar-refractivity contribution in [2.24, 2.45) is 0 Å². The summed E-state index contributed by atoms with van der Waals surface area (Å²) >= 11 is 3.38. The van der Waals surface area contributed by atoms with Gasteiger partial charge < -0.3 is 10.1 Å². The van der Waals surface area contributed by atoms with Crippen molar-refractivity contribution >= 4 is 21.8 Å². The molecular weight excluding hydrogens is 434 g/mol. The minimum atomic E-state index is -0.274. The Kier molecular flexibility index (Phi) is 5.62. The van der Waals surface area contributed by atoms with Crippen molar-refractivity contribution in [2.75, 3.05) is 0 Å². The van der Waals surface area contributed by atoms with Gasteiger partial charge in [-0.2, -0.15) is 0 Å². The quantitative estimate of drug-likeness (QED) is 0.478. The number of rotatable bonds is 6. The average molecular weight is 450 g/mol. The molecule has 0 unspecified atom stereocenters. The molecule has 0 spiro atoms. The zero-order valence-electron chi connectivity index (χ0n) is 15.2. The van der Waals surface area contributed by atoms with Gasteiger partial charge in [0.05, 0.1) is 0 Å². The van der Waals surface area contributed by atoms with E-state index in [1.807, 2.05) is 35.0 Å². The Bertz CT molecular complexity index is 1100. The second kappa shape index (κ2) is 8.66. The molecule has 4 rings (SSSR count). The monoisotopic (exact) mass is 449 g/mol. The molecule has 0 atom stereocenters. The lowest BCUT2D eigenvalue weighted by molar-refractivity contribution is 0.0948. The molecule has 3 heterocycles. The van der Waals surface area contributed by atoms with Gasteiger partial charge in [-0.1, -0.05) is 22.0 Å². The molecule has 0 radical (unpaired) electrons. The lowest BCUT2D eigenvalue weighted by Gasteiger charge is -2.10. The molecular formula is C21H16BrN5O2. The maximum absolute atomic E-state index is 12.7. The molecule has 1 N–H and O–H groups in total. The van der Waals surface area contributed by atoms with Crippen LogP contribution in [0.2, 0.25) is 0 Å². The fraction of sp³-hybridized carbons (Fsp3) is 0.0476. The smallest absolute Gasteiger partial charge is 0.257 e. The first kappa shape index (κ1) is 18.8. The lowest BCUT2D eigenvalue weighted by Crippen LogP contribution is -2.23. The number of nitrogens with zero attached hydrogens (tertiary/aromatic N) is 4. The molecule has 0 bridgehead atoms. The van der Waals surface area contributed by atoms with Crippen molar-refractivity contribution in [1.29, 1.82) is 0 Å². The minimum absolute atomic E-state index is 0.251. The van der Waals surface area contributed by atoms with Gasteiger partial charge in [-0.05, 0) is 48.0 Å². The Morgan fingerprint density at radius 1 is 1.07 bits per heavy atom. The standard InChI is InChI=1S/C21H16BrN5O2/c22-16-4-6-17(7-5-16)29-21-18(2-1-9-24-21)20(28)26-13-15-3-8-19(25-12-15)27-11-10-23-14-27/h1-12,14H,13H2,(H,26,28). The molecule has 3 aromatic heterocycles. The van der Waals surface area contributed by atoms with Gasteiger partial charge in [0.25, 0.3) is 5.91 Å². The van der Waals surface area contributed by atoms with Crippen molar-refractivity contribution < 1.29 is 9.53 Å². The highest BCUT2D eigenvalue weighted by Gasteiger charge is 2.14. The number of hydrogen-bond donors (Lipinski definition) is 1. The van der Waals surface area contributed by atoms with Crippen molar-refractivity contribution in [3.8, 4) is 17.4 Å². The first-order chi connectivity index (χ1) is 14.2. The van der Waals surface area contributed by atoms with Crippen LogP contribution in [-0.4, -0.2) is 25.4 Å². The number of carbonyl (C=O) groups excluding carboxylic acids is 1. The second-order valence-electron chi connectivity index (χ2n) is 6.09. The number of benzene rings is 1. The molecule has 7 nitrogen and oxygen atoms in total. The van der Waals surface area contributed by atoms with Gasteiger partial charge in [0.1, 0.15) is 23.5 Å². The van der Waals surface area contributed by atoms with Crippen LogP contribution in [0.1, 0.15) is 15.9 Å². The first-order valence-electron chi connectivity index (χ1n) is 8.79. The molecule has 0 saturated heterocycles. The summed E-state index contributed by atoms with van der Waals surface area (Å²) in [4.78, 5) is 25.2. The fourth-order valence-electron chi connectivity index (χ4n) is 2.61. The summed E-state index contributed by atoms with van der Waals surface area (Å²) < 4.78 is 8.53. The van der Waals surface area contributed by atoms with E-state index in [-0.39, 0.29) is 11.8 Å². The Morgan fingerprint density at radius 3 is 2.66 bits per heavy atom. The number of nitrogens with one attached hydrogen (secondary N) is 1. The number of hydrogen-bond acceptors (Lipinski definition) is 5. The van der Waals surface area contributed by atoms with E-state index in [0.717, 1.165) is 15.9 Å². The Balaban J connectivity index is 1.43. The SMILES string of the molecule is O=C(NCc1ccc(-n2ccnc2)nc1)c1cccnc1Oc1ccc(Br)cc1. The van der Waals surface area contributed by atoms with E-state index in [1.165, 1.54) is 0 Å². The molecule has 1 aromatic carbocycles. The van der Waals surface area contributed by atoms with Crippen LogP contribution in [0.3, 0.4) is 0 Å². The minimum Gasteiger partial charge on any atom is -0.438 e. The molecule has 144 valence electrons. The van der Waals surface area contributed by atoms with Crippen LogP contribution in [0.5, 0.6) is 11.6 Å². The summed E-state index contributed by atoms with van der Waals surface area (Å²) in [5.74, 6) is 1.33. The largest absolute Gasteiger partial charge is 0.438 e. The molecule has 4 aromatic rings. The third-order valence-electron chi connectivity index (χ3n) is 4.08. The highest BCUT2D eigenvalue weighted by Crippen LogP contribution is 2.24. The normalized spacial score (nSPS) is 10.5. The van der Waals surface area contributed by atoms with Crippen LogP contribution in [0.25, 0.3) is 5.82 Å². The van der Waals surface area contributed by atoms with E-state index in [1.54, 1.807) is 49.2 Å². The second-order valence-corrected chi connectivity index (χ2v) is 7.01. The van der Waals surface area contributed by atoms with Crippen LogP contribution >= 0.6 is 15.9 Å². The van der Waals surface area contributed by atoms with E-state index >= 15 is 0 Å². The predicted molar refractivity (Wildman–Crippen MR) is 111 cm³/mol. The number of aromatic nitrogens is 4. The molecule has 29 heavy (non-hydrogen) atoms. The Labute approximate surface area is 175 Å². The third kappa shape index (κ3) is 4.67.